The molecule has 10 heteroatoms. The van der Waals surface area contributed by atoms with Crippen molar-refractivity contribution in [1.82, 2.24) is 4.31 Å². The molecule has 0 spiro atoms. The fourth-order valence-corrected chi connectivity index (χ4v) is 3.57. The predicted molar refractivity (Wildman–Crippen MR) is 107 cm³/mol. The number of benzene rings is 2. The van der Waals surface area contributed by atoms with Gasteiger partial charge in [-0.15, -0.1) is 0 Å². The van der Waals surface area contributed by atoms with Crippen molar-refractivity contribution in [2.24, 2.45) is 0 Å². The van der Waals surface area contributed by atoms with Crippen LogP contribution in [0.1, 0.15) is 5.56 Å². The molecule has 1 amide bonds. The van der Waals surface area contributed by atoms with E-state index in [2.05, 4.69) is 5.32 Å². The van der Waals surface area contributed by atoms with Crippen molar-refractivity contribution in [1.29, 1.82) is 0 Å². The number of esters is 1. The second-order valence-electron chi connectivity index (χ2n) is 5.88. The molecule has 0 unspecified atom stereocenters. The minimum Gasteiger partial charge on any atom is -0.455 e. The highest BCUT2D eigenvalue weighted by molar-refractivity contribution is 7.89. The van der Waals surface area contributed by atoms with Crippen molar-refractivity contribution in [2.75, 3.05) is 25.5 Å². The van der Waals surface area contributed by atoms with E-state index in [0.717, 1.165) is 9.87 Å². The van der Waals surface area contributed by atoms with Gasteiger partial charge in [-0.3, -0.25) is 9.59 Å². The van der Waals surface area contributed by atoms with Crippen molar-refractivity contribution < 1.29 is 22.7 Å². The molecule has 0 aliphatic carbocycles. The van der Waals surface area contributed by atoms with Gasteiger partial charge in [-0.05, 0) is 48.9 Å². The molecule has 2 aromatic carbocycles. The van der Waals surface area contributed by atoms with Gasteiger partial charge in [0.05, 0.1) is 4.90 Å². The second-order valence-corrected chi connectivity index (χ2v) is 8.80. The zero-order valence-corrected chi connectivity index (χ0v) is 17.4. The molecule has 0 aromatic heterocycles. The maximum atomic E-state index is 12.4. The molecular formula is C18H18Cl2N2O5S. The number of amides is 1. The Hall–Kier alpha value is -2.13. The lowest BCUT2D eigenvalue weighted by atomic mass is 10.2. The first-order valence-electron chi connectivity index (χ1n) is 8.03. The van der Waals surface area contributed by atoms with E-state index in [4.69, 9.17) is 27.9 Å². The number of rotatable bonds is 7. The highest BCUT2D eigenvalue weighted by Gasteiger charge is 2.23. The van der Waals surface area contributed by atoms with E-state index >= 15 is 0 Å². The number of likely N-dealkylation sites (N-methyl/N-ethyl adjacent to an activating group) is 1. The molecular weight excluding hydrogens is 427 g/mol. The van der Waals surface area contributed by atoms with Gasteiger partial charge in [0.1, 0.15) is 6.54 Å². The molecule has 28 heavy (non-hydrogen) atoms. The Morgan fingerprint density at radius 1 is 1.07 bits per heavy atom. The summed E-state index contributed by atoms with van der Waals surface area (Å²) in [4.78, 5) is 23.8. The van der Waals surface area contributed by atoms with Gasteiger partial charge in [-0.25, -0.2) is 8.42 Å². The van der Waals surface area contributed by atoms with Crippen molar-refractivity contribution in [3.05, 3.63) is 58.1 Å². The number of sulfonamides is 1. The van der Waals surface area contributed by atoms with E-state index in [1.165, 1.54) is 31.3 Å². The molecule has 0 atom stereocenters. The molecule has 0 bridgehead atoms. The van der Waals surface area contributed by atoms with Crippen LogP contribution in [0.15, 0.2) is 47.4 Å². The Morgan fingerprint density at radius 2 is 1.68 bits per heavy atom. The van der Waals surface area contributed by atoms with E-state index < -0.39 is 35.1 Å². The van der Waals surface area contributed by atoms with Crippen LogP contribution < -0.4 is 5.32 Å². The average Bonchev–Trinajstić information content (AvgIpc) is 2.63. The normalized spacial score (nSPS) is 11.3. The number of carbonyl (C=O) groups is 2. The number of carbonyl (C=O) groups excluding carboxylic acids is 2. The zero-order valence-electron chi connectivity index (χ0n) is 15.1. The zero-order chi connectivity index (χ0) is 20.9. The topological polar surface area (TPSA) is 92.8 Å². The summed E-state index contributed by atoms with van der Waals surface area (Å²) in [6.07, 6.45) is 0. The third-order valence-electron chi connectivity index (χ3n) is 3.71. The smallest absolute Gasteiger partial charge is 0.321 e. The average molecular weight is 445 g/mol. The number of hydrogen-bond acceptors (Lipinski definition) is 5. The van der Waals surface area contributed by atoms with Gasteiger partial charge in [0, 0.05) is 22.8 Å². The summed E-state index contributed by atoms with van der Waals surface area (Å²) < 4.78 is 30.5. The Kier molecular flexibility index (Phi) is 7.42. The summed E-state index contributed by atoms with van der Waals surface area (Å²) in [5.41, 5.74) is 1.29. The Balaban J connectivity index is 1.90. The largest absolute Gasteiger partial charge is 0.455 e. The third kappa shape index (κ3) is 5.93. The number of nitrogens with zero attached hydrogens (tertiary/aromatic N) is 1. The van der Waals surface area contributed by atoms with E-state index in [0.29, 0.717) is 15.7 Å². The summed E-state index contributed by atoms with van der Waals surface area (Å²) in [6, 6.07) is 10.5. The first-order chi connectivity index (χ1) is 13.1. The Labute approximate surface area is 173 Å². The van der Waals surface area contributed by atoms with Crippen LogP contribution in [0.4, 0.5) is 5.69 Å². The number of anilines is 1. The standard InChI is InChI=1S/C18H18Cl2N2O5S/c1-12-3-4-14(20)9-16(12)21-17(23)11-27-18(24)10-22(2)28(25,26)15-7-5-13(19)6-8-15/h3-9H,10-11H2,1-2H3,(H,21,23). The van der Waals surface area contributed by atoms with Crippen LogP contribution in [-0.4, -0.2) is 44.8 Å². The molecule has 0 heterocycles. The number of ether oxygens (including phenoxy) is 1. The van der Waals surface area contributed by atoms with Crippen LogP contribution in [0, 0.1) is 6.92 Å². The number of nitrogens with one attached hydrogen (secondary N) is 1. The lowest BCUT2D eigenvalue weighted by molar-refractivity contribution is -0.147. The van der Waals surface area contributed by atoms with Crippen LogP contribution >= 0.6 is 23.2 Å². The van der Waals surface area contributed by atoms with Gasteiger partial charge < -0.3 is 10.1 Å². The van der Waals surface area contributed by atoms with Crippen molar-refractivity contribution in [3.8, 4) is 0 Å². The molecule has 1 N–H and O–H groups in total. The lowest BCUT2D eigenvalue weighted by Gasteiger charge is -2.16. The van der Waals surface area contributed by atoms with Gasteiger partial charge in [0.25, 0.3) is 5.91 Å². The number of aryl methyl sites for hydroxylation is 1. The van der Waals surface area contributed by atoms with Crippen molar-refractivity contribution in [3.63, 3.8) is 0 Å². The third-order valence-corrected chi connectivity index (χ3v) is 6.02. The van der Waals surface area contributed by atoms with E-state index in [1.807, 2.05) is 0 Å². The molecule has 0 radical (unpaired) electrons. The molecule has 0 aliphatic heterocycles. The van der Waals surface area contributed by atoms with Crippen molar-refractivity contribution >= 4 is 50.8 Å². The first kappa shape index (κ1) is 22.2. The van der Waals surface area contributed by atoms with Gasteiger partial charge in [-0.1, -0.05) is 29.3 Å². The maximum Gasteiger partial charge on any atom is 0.321 e. The SMILES string of the molecule is Cc1ccc(Cl)cc1NC(=O)COC(=O)CN(C)S(=O)(=O)c1ccc(Cl)cc1. The minimum absolute atomic E-state index is 0.0126. The molecule has 0 saturated heterocycles. The quantitative estimate of drug-likeness (QED) is 0.662. The molecule has 150 valence electrons. The summed E-state index contributed by atoms with van der Waals surface area (Å²) in [5.74, 6) is -1.43. The van der Waals surface area contributed by atoms with Crippen LogP contribution in [0.25, 0.3) is 0 Å². The summed E-state index contributed by atoms with van der Waals surface area (Å²) in [6.45, 7) is 0.683. The van der Waals surface area contributed by atoms with E-state index in [-0.39, 0.29) is 4.90 Å². The van der Waals surface area contributed by atoms with E-state index in [1.54, 1.807) is 25.1 Å². The molecule has 0 saturated carbocycles. The molecule has 0 aliphatic rings. The first-order valence-corrected chi connectivity index (χ1v) is 10.2. The summed E-state index contributed by atoms with van der Waals surface area (Å²) in [7, 11) is -2.65. The fourth-order valence-electron chi connectivity index (χ4n) is 2.16. The van der Waals surface area contributed by atoms with Crippen LogP contribution in [0.3, 0.4) is 0 Å². The predicted octanol–water partition coefficient (Wildman–Crippen LogP) is 3.10. The summed E-state index contributed by atoms with van der Waals surface area (Å²) >= 11 is 11.6. The van der Waals surface area contributed by atoms with E-state index in [9.17, 15) is 18.0 Å². The molecule has 0 fully saturated rings. The summed E-state index contributed by atoms with van der Waals surface area (Å²) in [5, 5.41) is 3.42. The van der Waals surface area contributed by atoms with Crippen LogP contribution in [0.5, 0.6) is 0 Å². The maximum absolute atomic E-state index is 12.4. The molecule has 2 rings (SSSR count). The van der Waals surface area contributed by atoms with Crippen LogP contribution in [-0.2, 0) is 24.3 Å². The van der Waals surface area contributed by atoms with Gasteiger partial charge >= 0.3 is 5.97 Å². The number of halogens is 2. The van der Waals surface area contributed by atoms with Crippen molar-refractivity contribution in [2.45, 2.75) is 11.8 Å². The number of hydrogen-bond donors (Lipinski definition) is 1. The Morgan fingerprint density at radius 3 is 2.32 bits per heavy atom. The fraction of sp³-hybridized carbons (Fsp3) is 0.222. The van der Waals surface area contributed by atoms with Gasteiger partial charge in [-0.2, -0.15) is 4.31 Å². The monoisotopic (exact) mass is 444 g/mol. The highest BCUT2D eigenvalue weighted by Crippen LogP contribution is 2.20. The molecule has 2 aromatic rings. The van der Waals surface area contributed by atoms with Gasteiger partial charge in [0.2, 0.25) is 10.0 Å². The lowest BCUT2D eigenvalue weighted by Crippen LogP contribution is -2.34. The minimum atomic E-state index is -3.89. The Bertz CT molecular complexity index is 978. The van der Waals surface area contributed by atoms with Crippen LogP contribution in [0.2, 0.25) is 10.0 Å². The second kappa shape index (κ2) is 9.38. The molecule has 7 nitrogen and oxygen atoms in total. The van der Waals surface area contributed by atoms with Gasteiger partial charge in [0.15, 0.2) is 6.61 Å². The highest BCUT2D eigenvalue weighted by atomic mass is 35.5.